The molecule has 1 aliphatic rings. The highest BCUT2D eigenvalue weighted by Gasteiger charge is 2.32. The summed E-state index contributed by atoms with van der Waals surface area (Å²) in [6, 6.07) is 9.51. The van der Waals surface area contributed by atoms with E-state index in [0.29, 0.717) is 31.7 Å². The Hall–Kier alpha value is -2.14. The fraction of sp³-hybridized carbons (Fsp3) is 0.655. The van der Waals surface area contributed by atoms with Gasteiger partial charge in [0.2, 0.25) is 0 Å². The van der Waals surface area contributed by atoms with Gasteiger partial charge in [-0.2, -0.15) is 0 Å². The molecule has 0 amide bonds. The fourth-order valence-electron chi connectivity index (χ4n) is 4.42. The van der Waals surface area contributed by atoms with E-state index in [9.17, 15) is 14.7 Å². The first kappa shape index (κ1) is 28.1. The van der Waals surface area contributed by atoms with Gasteiger partial charge >= 0.3 is 5.97 Å². The Kier molecular flexibility index (Phi) is 13.0. The predicted octanol–water partition coefficient (Wildman–Crippen LogP) is 6.43. The van der Waals surface area contributed by atoms with Crippen LogP contribution in [0.1, 0.15) is 90.9 Å². The number of rotatable bonds is 17. The van der Waals surface area contributed by atoms with Crippen molar-refractivity contribution in [3.05, 3.63) is 42.5 Å². The standard InChI is InChI=1S/C29H44O5/c1-3-4-22-33-28(31)18-12-7-5-6-11-17-26-24(19-20-27(26)30)14-13-21-29(2,32)23-34-25-15-9-8-10-16-25/h8-10,13-16,24,26,32H,3-7,11-12,17-23H2,1-2H3/b14-13+/t24-,26+,29+/m0/s1. The monoisotopic (exact) mass is 472 g/mol. The van der Waals surface area contributed by atoms with E-state index >= 15 is 0 Å². The van der Waals surface area contributed by atoms with Gasteiger partial charge in [-0.25, -0.2) is 0 Å². The molecule has 0 aromatic heterocycles. The van der Waals surface area contributed by atoms with Gasteiger partial charge in [-0.3, -0.25) is 9.59 Å². The van der Waals surface area contributed by atoms with Gasteiger partial charge < -0.3 is 14.6 Å². The maximum atomic E-state index is 12.4. The minimum atomic E-state index is -0.952. The Morgan fingerprint density at radius 1 is 1.12 bits per heavy atom. The molecule has 5 heteroatoms. The molecule has 1 aromatic rings. The van der Waals surface area contributed by atoms with Crippen LogP contribution in [-0.4, -0.2) is 35.7 Å². The third-order valence-corrected chi connectivity index (χ3v) is 6.55. The predicted molar refractivity (Wildman–Crippen MR) is 136 cm³/mol. The van der Waals surface area contributed by atoms with Crippen LogP contribution in [0.3, 0.4) is 0 Å². The van der Waals surface area contributed by atoms with Gasteiger partial charge in [0.05, 0.1) is 12.2 Å². The van der Waals surface area contributed by atoms with Crippen LogP contribution >= 0.6 is 0 Å². The van der Waals surface area contributed by atoms with E-state index in [1.54, 1.807) is 6.92 Å². The molecule has 1 aromatic carbocycles. The molecule has 1 N–H and O–H groups in total. The van der Waals surface area contributed by atoms with Crippen molar-refractivity contribution in [1.29, 1.82) is 0 Å². The minimum absolute atomic E-state index is 0.0785. The summed E-state index contributed by atoms with van der Waals surface area (Å²) in [6.07, 6.45) is 14.8. The third kappa shape index (κ3) is 11.3. The summed E-state index contributed by atoms with van der Waals surface area (Å²) in [5.74, 6) is 1.43. The third-order valence-electron chi connectivity index (χ3n) is 6.55. The maximum Gasteiger partial charge on any atom is 0.305 e. The van der Waals surface area contributed by atoms with E-state index in [0.717, 1.165) is 63.5 Å². The smallest absolute Gasteiger partial charge is 0.305 e. The number of allylic oxidation sites excluding steroid dienone is 1. The Balaban J connectivity index is 1.61. The molecule has 34 heavy (non-hydrogen) atoms. The molecule has 0 heterocycles. The highest BCUT2D eigenvalue weighted by atomic mass is 16.5. The quantitative estimate of drug-likeness (QED) is 0.161. The number of ketones is 1. The number of hydrogen-bond acceptors (Lipinski definition) is 5. The van der Waals surface area contributed by atoms with Crippen molar-refractivity contribution in [2.45, 2.75) is 96.5 Å². The SMILES string of the molecule is CCCCOC(=O)CCCCCCC[C@H]1C(=O)CC[C@@H]1/C=C/C[C@@](C)(O)COc1ccccc1. The zero-order valence-corrected chi connectivity index (χ0v) is 21.2. The van der Waals surface area contributed by atoms with Crippen molar-refractivity contribution in [3.8, 4) is 5.75 Å². The number of Topliss-reactive ketones (excluding diaryl/α,β-unsaturated/α-hetero) is 1. The van der Waals surface area contributed by atoms with E-state index in [1.165, 1.54) is 0 Å². The van der Waals surface area contributed by atoms with Crippen molar-refractivity contribution < 1.29 is 24.2 Å². The second kappa shape index (κ2) is 15.7. The molecule has 5 nitrogen and oxygen atoms in total. The van der Waals surface area contributed by atoms with Crippen LogP contribution in [0, 0.1) is 11.8 Å². The zero-order chi connectivity index (χ0) is 24.7. The first-order chi connectivity index (χ1) is 16.4. The largest absolute Gasteiger partial charge is 0.491 e. The Bertz CT molecular complexity index is 740. The molecule has 3 atom stereocenters. The van der Waals surface area contributed by atoms with E-state index in [1.807, 2.05) is 36.4 Å². The molecule has 2 rings (SSSR count). The second-order valence-corrected chi connectivity index (χ2v) is 9.89. The van der Waals surface area contributed by atoms with E-state index in [4.69, 9.17) is 9.47 Å². The maximum absolute atomic E-state index is 12.4. The molecule has 0 unspecified atom stereocenters. The van der Waals surface area contributed by atoms with Gasteiger partial charge in [0.1, 0.15) is 18.1 Å². The molecule has 0 saturated heterocycles. The lowest BCUT2D eigenvalue weighted by atomic mass is 9.89. The number of aliphatic hydroxyl groups is 1. The molecule has 1 saturated carbocycles. The summed E-state index contributed by atoms with van der Waals surface area (Å²) in [5, 5.41) is 10.6. The summed E-state index contributed by atoms with van der Waals surface area (Å²) < 4.78 is 10.9. The van der Waals surface area contributed by atoms with Crippen LogP contribution in [0.2, 0.25) is 0 Å². The topological polar surface area (TPSA) is 72.8 Å². The van der Waals surface area contributed by atoms with Crippen LogP contribution < -0.4 is 4.74 Å². The number of carbonyl (C=O) groups excluding carboxylic acids is 2. The number of carbonyl (C=O) groups is 2. The van der Waals surface area contributed by atoms with E-state index in [-0.39, 0.29) is 24.4 Å². The lowest BCUT2D eigenvalue weighted by Crippen LogP contribution is -2.31. The van der Waals surface area contributed by atoms with Crippen molar-refractivity contribution >= 4 is 11.8 Å². The summed E-state index contributed by atoms with van der Waals surface area (Å²) in [7, 11) is 0. The molecular weight excluding hydrogens is 428 g/mol. The zero-order valence-electron chi connectivity index (χ0n) is 21.2. The molecule has 0 bridgehead atoms. The van der Waals surface area contributed by atoms with E-state index in [2.05, 4.69) is 13.0 Å². The Morgan fingerprint density at radius 3 is 2.62 bits per heavy atom. The summed E-state index contributed by atoms with van der Waals surface area (Å²) >= 11 is 0. The van der Waals surface area contributed by atoms with Crippen LogP contribution in [0.4, 0.5) is 0 Å². The van der Waals surface area contributed by atoms with Crippen LogP contribution in [-0.2, 0) is 14.3 Å². The second-order valence-electron chi connectivity index (χ2n) is 9.89. The number of para-hydroxylation sites is 1. The van der Waals surface area contributed by atoms with Gasteiger partial charge in [-0.05, 0) is 57.1 Å². The fourth-order valence-corrected chi connectivity index (χ4v) is 4.42. The first-order valence-electron chi connectivity index (χ1n) is 13.2. The molecule has 0 spiro atoms. The van der Waals surface area contributed by atoms with Crippen molar-refractivity contribution in [1.82, 2.24) is 0 Å². The minimum Gasteiger partial charge on any atom is -0.491 e. The van der Waals surface area contributed by atoms with Gasteiger partial charge in [0.15, 0.2) is 0 Å². The average molecular weight is 473 g/mol. The summed E-state index contributed by atoms with van der Waals surface area (Å²) in [5.41, 5.74) is -0.952. The van der Waals surface area contributed by atoms with Crippen molar-refractivity contribution in [3.63, 3.8) is 0 Å². The van der Waals surface area contributed by atoms with Crippen LogP contribution in [0.15, 0.2) is 42.5 Å². The number of hydrogen-bond donors (Lipinski definition) is 1. The Morgan fingerprint density at radius 2 is 1.85 bits per heavy atom. The average Bonchev–Trinajstić information content (AvgIpc) is 3.17. The van der Waals surface area contributed by atoms with Gasteiger partial charge in [0.25, 0.3) is 0 Å². The summed E-state index contributed by atoms with van der Waals surface area (Å²) in [4.78, 5) is 24.0. The highest BCUT2D eigenvalue weighted by molar-refractivity contribution is 5.83. The highest BCUT2D eigenvalue weighted by Crippen LogP contribution is 2.34. The summed E-state index contributed by atoms with van der Waals surface area (Å²) in [6.45, 7) is 4.63. The number of benzene rings is 1. The first-order valence-corrected chi connectivity index (χ1v) is 13.2. The molecular formula is C29H44O5. The lowest BCUT2D eigenvalue weighted by Gasteiger charge is -2.22. The van der Waals surface area contributed by atoms with Crippen LogP contribution in [0.25, 0.3) is 0 Å². The number of esters is 1. The van der Waals surface area contributed by atoms with Gasteiger partial charge in [-0.1, -0.05) is 69.4 Å². The van der Waals surface area contributed by atoms with E-state index < -0.39 is 5.60 Å². The molecule has 0 radical (unpaired) electrons. The lowest BCUT2D eigenvalue weighted by molar-refractivity contribution is -0.143. The van der Waals surface area contributed by atoms with Crippen molar-refractivity contribution in [2.75, 3.05) is 13.2 Å². The normalized spacial score (nSPS) is 19.9. The molecule has 1 aliphatic carbocycles. The molecule has 1 fully saturated rings. The van der Waals surface area contributed by atoms with Crippen LogP contribution in [0.5, 0.6) is 5.75 Å². The number of unbranched alkanes of at least 4 members (excludes halogenated alkanes) is 5. The van der Waals surface area contributed by atoms with Gasteiger partial charge in [-0.15, -0.1) is 0 Å². The number of ether oxygens (including phenoxy) is 2. The molecule has 190 valence electrons. The Labute approximate surface area is 205 Å². The van der Waals surface area contributed by atoms with Gasteiger partial charge in [0, 0.05) is 18.8 Å². The van der Waals surface area contributed by atoms with Crippen molar-refractivity contribution in [2.24, 2.45) is 11.8 Å². The molecule has 0 aliphatic heterocycles.